The number of methoxy groups -OCH3 is 1. The van der Waals surface area contributed by atoms with Crippen LogP contribution >= 0.6 is 0 Å². The van der Waals surface area contributed by atoms with E-state index in [-0.39, 0.29) is 17.4 Å². The molecule has 0 spiro atoms. The van der Waals surface area contributed by atoms with Gasteiger partial charge in [-0.25, -0.2) is 0 Å². The van der Waals surface area contributed by atoms with Gasteiger partial charge in [0.25, 0.3) is 11.8 Å². The van der Waals surface area contributed by atoms with E-state index in [1.807, 2.05) is 19.1 Å². The molecule has 128 valence electrons. The standard InChI is InChI=1S/C19H18N2O4/c1-3-11-4-6-12(7-5-11)19(23)21-16-14-9-8-13(24-2)10-15(14)25-17(16)18(20)22/h4-10H,3H2,1-2H3,(H2,20,22)(H,21,23). The first-order chi connectivity index (χ1) is 12.0. The molecule has 0 saturated heterocycles. The minimum atomic E-state index is -0.758. The number of hydrogen-bond donors (Lipinski definition) is 2. The molecule has 0 saturated carbocycles. The van der Waals surface area contributed by atoms with Gasteiger partial charge in [0, 0.05) is 17.0 Å². The van der Waals surface area contributed by atoms with Gasteiger partial charge in [-0.3, -0.25) is 9.59 Å². The van der Waals surface area contributed by atoms with Crippen molar-refractivity contribution in [3.8, 4) is 5.75 Å². The Bertz CT molecular complexity index is 942. The second-order valence-electron chi connectivity index (χ2n) is 5.54. The van der Waals surface area contributed by atoms with Crippen LogP contribution in [0.3, 0.4) is 0 Å². The number of aryl methyl sites for hydroxylation is 1. The van der Waals surface area contributed by atoms with Gasteiger partial charge in [-0.05, 0) is 36.2 Å². The van der Waals surface area contributed by atoms with E-state index >= 15 is 0 Å². The monoisotopic (exact) mass is 338 g/mol. The maximum absolute atomic E-state index is 12.5. The zero-order chi connectivity index (χ0) is 18.0. The number of carbonyl (C=O) groups is 2. The fourth-order valence-corrected chi connectivity index (χ4v) is 2.58. The third-order valence-corrected chi connectivity index (χ3v) is 3.98. The molecule has 25 heavy (non-hydrogen) atoms. The van der Waals surface area contributed by atoms with Gasteiger partial charge in [-0.1, -0.05) is 19.1 Å². The van der Waals surface area contributed by atoms with Gasteiger partial charge in [0.15, 0.2) is 0 Å². The zero-order valence-electron chi connectivity index (χ0n) is 14.0. The van der Waals surface area contributed by atoms with E-state index in [0.717, 1.165) is 12.0 Å². The molecule has 6 nitrogen and oxygen atoms in total. The predicted octanol–water partition coefficient (Wildman–Crippen LogP) is 3.36. The van der Waals surface area contributed by atoms with Crippen molar-refractivity contribution in [2.45, 2.75) is 13.3 Å². The number of hydrogen-bond acceptors (Lipinski definition) is 4. The number of anilines is 1. The van der Waals surface area contributed by atoms with Crippen LogP contribution in [-0.2, 0) is 6.42 Å². The van der Waals surface area contributed by atoms with Crippen LogP contribution < -0.4 is 15.8 Å². The van der Waals surface area contributed by atoms with Crippen molar-refractivity contribution in [3.05, 3.63) is 59.4 Å². The molecule has 3 aromatic rings. The highest BCUT2D eigenvalue weighted by Crippen LogP contribution is 2.33. The molecule has 0 fully saturated rings. The van der Waals surface area contributed by atoms with Crippen molar-refractivity contribution in [2.24, 2.45) is 5.73 Å². The first-order valence-corrected chi connectivity index (χ1v) is 7.84. The summed E-state index contributed by atoms with van der Waals surface area (Å²) in [6.45, 7) is 2.04. The Morgan fingerprint density at radius 3 is 2.48 bits per heavy atom. The molecule has 3 N–H and O–H groups in total. The smallest absolute Gasteiger partial charge is 0.286 e. The zero-order valence-corrected chi connectivity index (χ0v) is 14.0. The highest BCUT2D eigenvalue weighted by atomic mass is 16.5. The summed E-state index contributed by atoms with van der Waals surface area (Å²) >= 11 is 0. The summed E-state index contributed by atoms with van der Waals surface area (Å²) in [5, 5.41) is 3.31. The minimum absolute atomic E-state index is 0.0956. The number of nitrogens with one attached hydrogen (secondary N) is 1. The highest BCUT2D eigenvalue weighted by molar-refractivity contribution is 6.14. The quantitative estimate of drug-likeness (QED) is 0.746. The molecular formula is C19H18N2O4. The van der Waals surface area contributed by atoms with Gasteiger partial charge in [0.1, 0.15) is 17.0 Å². The first-order valence-electron chi connectivity index (χ1n) is 7.84. The van der Waals surface area contributed by atoms with Gasteiger partial charge in [0.05, 0.1) is 7.11 Å². The molecule has 0 bridgehead atoms. The lowest BCUT2D eigenvalue weighted by Crippen LogP contribution is -2.17. The van der Waals surface area contributed by atoms with Crippen molar-refractivity contribution in [1.82, 2.24) is 0 Å². The number of furan rings is 1. The maximum atomic E-state index is 12.5. The van der Waals surface area contributed by atoms with Crippen LogP contribution in [0.15, 0.2) is 46.9 Å². The molecule has 0 atom stereocenters. The molecule has 3 rings (SSSR count). The molecule has 6 heteroatoms. The number of ether oxygens (including phenoxy) is 1. The van der Waals surface area contributed by atoms with Crippen LogP contribution in [0.2, 0.25) is 0 Å². The predicted molar refractivity (Wildman–Crippen MR) is 95.1 cm³/mol. The van der Waals surface area contributed by atoms with Gasteiger partial charge >= 0.3 is 0 Å². The molecule has 0 unspecified atom stereocenters. The summed E-state index contributed by atoms with van der Waals surface area (Å²) in [6, 6.07) is 12.3. The second kappa shape index (κ2) is 6.68. The number of carbonyl (C=O) groups excluding carboxylic acids is 2. The Kier molecular flexibility index (Phi) is 4.43. The van der Waals surface area contributed by atoms with Gasteiger partial charge in [0.2, 0.25) is 5.76 Å². The highest BCUT2D eigenvalue weighted by Gasteiger charge is 2.21. The molecule has 2 aromatic carbocycles. The summed E-state index contributed by atoms with van der Waals surface area (Å²) < 4.78 is 10.6. The molecule has 0 aliphatic heterocycles. The molecular weight excluding hydrogens is 320 g/mol. The minimum Gasteiger partial charge on any atom is -0.497 e. The summed E-state index contributed by atoms with van der Waals surface area (Å²) in [5.74, 6) is -0.623. The lowest BCUT2D eigenvalue weighted by Gasteiger charge is -2.06. The van der Waals surface area contributed by atoms with Crippen molar-refractivity contribution in [3.63, 3.8) is 0 Å². The normalized spacial score (nSPS) is 10.6. The van der Waals surface area contributed by atoms with E-state index in [0.29, 0.717) is 22.3 Å². The number of fused-ring (bicyclic) bond motifs is 1. The van der Waals surface area contributed by atoms with Crippen molar-refractivity contribution in [2.75, 3.05) is 12.4 Å². The summed E-state index contributed by atoms with van der Waals surface area (Å²) in [6.07, 6.45) is 0.891. The van der Waals surface area contributed by atoms with E-state index in [9.17, 15) is 9.59 Å². The lowest BCUT2D eigenvalue weighted by molar-refractivity contribution is 0.0977. The Labute approximate surface area is 144 Å². The summed E-state index contributed by atoms with van der Waals surface area (Å²) in [5.41, 5.74) is 7.67. The van der Waals surface area contributed by atoms with Crippen molar-refractivity contribution in [1.29, 1.82) is 0 Å². The van der Waals surface area contributed by atoms with Crippen LogP contribution in [0.4, 0.5) is 5.69 Å². The van der Waals surface area contributed by atoms with Gasteiger partial charge in [-0.15, -0.1) is 0 Å². The average molecular weight is 338 g/mol. The summed E-state index contributed by atoms with van der Waals surface area (Å²) in [7, 11) is 1.53. The van der Waals surface area contributed by atoms with Crippen molar-refractivity contribution >= 4 is 28.5 Å². The Hall–Kier alpha value is -3.28. The second-order valence-corrected chi connectivity index (χ2v) is 5.54. The lowest BCUT2D eigenvalue weighted by atomic mass is 10.1. The van der Waals surface area contributed by atoms with Crippen LogP contribution in [0.1, 0.15) is 33.4 Å². The Balaban J connectivity index is 1.99. The van der Waals surface area contributed by atoms with E-state index in [4.69, 9.17) is 14.9 Å². The number of amides is 2. The van der Waals surface area contributed by atoms with E-state index in [2.05, 4.69) is 5.32 Å². The Morgan fingerprint density at radius 2 is 1.88 bits per heavy atom. The third kappa shape index (κ3) is 3.19. The maximum Gasteiger partial charge on any atom is 0.286 e. The van der Waals surface area contributed by atoms with Crippen LogP contribution in [0.5, 0.6) is 5.75 Å². The number of benzene rings is 2. The number of nitrogens with two attached hydrogens (primary N) is 1. The fourth-order valence-electron chi connectivity index (χ4n) is 2.58. The Morgan fingerprint density at radius 1 is 1.16 bits per heavy atom. The van der Waals surface area contributed by atoms with E-state index in [1.54, 1.807) is 30.3 Å². The number of rotatable bonds is 5. The van der Waals surface area contributed by atoms with E-state index in [1.165, 1.54) is 7.11 Å². The molecule has 0 aliphatic carbocycles. The SMILES string of the molecule is CCc1ccc(C(=O)Nc2c(C(N)=O)oc3cc(OC)ccc23)cc1. The number of primary amides is 1. The fraction of sp³-hybridized carbons (Fsp3) is 0.158. The van der Waals surface area contributed by atoms with Gasteiger partial charge < -0.3 is 20.2 Å². The van der Waals surface area contributed by atoms with Gasteiger partial charge in [-0.2, -0.15) is 0 Å². The summed E-state index contributed by atoms with van der Waals surface area (Å²) in [4.78, 5) is 24.2. The molecule has 0 aliphatic rings. The molecule has 2 amide bonds. The average Bonchev–Trinajstić information content (AvgIpc) is 2.99. The molecule has 1 aromatic heterocycles. The largest absolute Gasteiger partial charge is 0.497 e. The first kappa shape index (κ1) is 16.6. The van der Waals surface area contributed by atoms with Crippen LogP contribution in [-0.4, -0.2) is 18.9 Å². The third-order valence-electron chi connectivity index (χ3n) is 3.98. The van der Waals surface area contributed by atoms with E-state index < -0.39 is 5.91 Å². The van der Waals surface area contributed by atoms with Crippen molar-refractivity contribution < 1.29 is 18.7 Å². The topological polar surface area (TPSA) is 94.6 Å². The van der Waals surface area contributed by atoms with Crippen LogP contribution in [0.25, 0.3) is 11.0 Å². The van der Waals surface area contributed by atoms with Crippen LogP contribution in [0, 0.1) is 0 Å². The molecule has 1 heterocycles. The molecule has 0 radical (unpaired) electrons.